The van der Waals surface area contributed by atoms with Crippen LogP contribution in [0.1, 0.15) is 15.5 Å². The van der Waals surface area contributed by atoms with Gasteiger partial charge in [-0.25, -0.2) is 9.78 Å². The highest BCUT2D eigenvalue weighted by molar-refractivity contribution is 7.11. The van der Waals surface area contributed by atoms with Gasteiger partial charge in [0.25, 0.3) is 0 Å². The number of phenolic OH excluding ortho intramolecular Hbond substituents is 1. The summed E-state index contributed by atoms with van der Waals surface area (Å²) in [5.41, 5.74) is 1.64. The average molecular weight is 264 g/mol. The third-order valence-electron chi connectivity index (χ3n) is 2.42. The van der Waals surface area contributed by atoms with E-state index in [0.29, 0.717) is 12.2 Å². The van der Waals surface area contributed by atoms with E-state index in [4.69, 9.17) is 5.11 Å². The number of thiazole rings is 1. The van der Waals surface area contributed by atoms with Crippen molar-refractivity contribution in [2.75, 3.05) is 11.9 Å². The van der Waals surface area contributed by atoms with Crippen molar-refractivity contribution >= 4 is 23.0 Å². The molecule has 0 bridgehead atoms. The normalized spacial score (nSPS) is 10.3. The highest BCUT2D eigenvalue weighted by atomic mass is 32.1. The van der Waals surface area contributed by atoms with E-state index in [0.717, 1.165) is 17.0 Å². The van der Waals surface area contributed by atoms with Gasteiger partial charge in [-0.3, -0.25) is 0 Å². The Hall–Kier alpha value is -2.08. The summed E-state index contributed by atoms with van der Waals surface area (Å²) >= 11 is 1.12. The molecule has 0 aliphatic carbocycles. The van der Waals surface area contributed by atoms with Gasteiger partial charge >= 0.3 is 5.97 Å². The first-order valence-electron chi connectivity index (χ1n) is 5.24. The zero-order valence-corrected chi connectivity index (χ0v) is 10.5. The second kappa shape index (κ2) is 5.05. The molecule has 0 saturated heterocycles. The maximum absolute atomic E-state index is 10.7. The van der Waals surface area contributed by atoms with E-state index in [1.807, 2.05) is 11.9 Å². The molecule has 6 heteroatoms. The number of rotatable bonds is 4. The van der Waals surface area contributed by atoms with Crippen molar-refractivity contribution in [1.29, 1.82) is 0 Å². The van der Waals surface area contributed by atoms with Gasteiger partial charge in [0.15, 0.2) is 0 Å². The third kappa shape index (κ3) is 2.78. The van der Waals surface area contributed by atoms with Gasteiger partial charge in [0.05, 0.1) is 12.2 Å². The Bertz CT molecular complexity index is 551. The first kappa shape index (κ1) is 12.4. The molecule has 0 radical (unpaired) electrons. The average Bonchev–Trinajstić information content (AvgIpc) is 2.78. The Morgan fingerprint density at radius 2 is 2.06 bits per heavy atom. The van der Waals surface area contributed by atoms with Crippen molar-refractivity contribution < 1.29 is 15.0 Å². The minimum atomic E-state index is -1.00. The Morgan fingerprint density at radius 1 is 1.39 bits per heavy atom. The van der Waals surface area contributed by atoms with Crippen LogP contribution in [0.15, 0.2) is 29.6 Å². The molecule has 2 rings (SSSR count). The molecular weight excluding hydrogens is 252 g/mol. The molecule has 94 valence electrons. The SMILES string of the molecule is CN(Cc1csc(C(=O)O)n1)c1ccc(O)cc1. The second-order valence-electron chi connectivity index (χ2n) is 3.82. The number of carboxylic acids is 1. The summed E-state index contributed by atoms with van der Waals surface area (Å²) in [6.45, 7) is 0.522. The number of benzene rings is 1. The molecule has 2 aromatic rings. The number of nitrogens with zero attached hydrogens (tertiary/aromatic N) is 2. The standard InChI is InChI=1S/C12H12N2O3S/c1-14(9-2-4-10(15)5-3-9)6-8-7-18-11(13-8)12(16)17/h2-5,7,15H,6H2,1H3,(H,16,17). The molecule has 1 heterocycles. The van der Waals surface area contributed by atoms with Crippen LogP contribution in [0.25, 0.3) is 0 Å². The fourth-order valence-corrected chi connectivity index (χ4v) is 2.16. The molecule has 0 saturated carbocycles. The van der Waals surface area contributed by atoms with Crippen molar-refractivity contribution in [3.05, 3.63) is 40.3 Å². The largest absolute Gasteiger partial charge is 0.508 e. The first-order valence-corrected chi connectivity index (χ1v) is 6.12. The zero-order valence-electron chi connectivity index (χ0n) is 9.70. The number of hydrogen-bond donors (Lipinski definition) is 2. The van der Waals surface area contributed by atoms with Crippen LogP contribution in [0.3, 0.4) is 0 Å². The highest BCUT2D eigenvalue weighted by Crippen LogP contribution is 2.19. The van der Waals surface area contributed by atoms with E-state index >= 15 is 0 Å². The molecule has 0 aliphatic rings. The number of anilines is 1. The smallest absolute Gasteiger partial charge is 0.365 e. The van der Waals surface area contributed by atoms with Gasteiger partial charge in [0.2, 0.25) is 5.01 Å². The van der Waals surface area contributed by atoms with Gasteiger partial charge in [-0.15, -0.1) is 11.3 Å². The molecule has 2 N–H and O–H groups in total. The fourth-order valence-electron chi connectivity index (χ4n) is 1.52. The van der Waals surface area contributed by atoms with Crippen LogP contribution in [0, 0.1) is 0 Å². The second-order valence-corrected chi connectivity index (χ2v) is 4.68. The number of aromatic hydroxyl groups is 1. The van der Waals surface area contributed by atoms with Gasteiger partial charge in [0, 0.05) is 18.1 Å². The number of aromatic nitrogens is 1. The van der Waals surface area contributed by atoms with E-state index in [1.54, 1.807) is 29.6 Å². The molecule has 0 unspecified atom stereocenters. The summed E-state index contributed by atoms with van der Waals surface area (Å²) in [7, 11) is 1.88. The fraction of sp³-hybridized carbons (Fsp3) is 0.167. The van der Waals surface area contributed by atoms with Gasteiger partial charge in [0.1, 0.15) is 5.75 Å². The topological polar surface area (TPSA) is 73.7 Å². The first-order chi connectivity index (χ1) is 8.56. The lowest BCUT2D eigenvalue weighted by molar-refractivity contribution is 0.0696. The maximum atomic E-state index is 10.7. The quantitative estimate of drug-likeness (QED) is 0.885. The zero-order chi connectivity index (χ0) is 13.1. The van der Waals surface area contributed by atoms with Crippen LogP contribution in [-0.2, 0) is 6.54 Å². The Morgan fingerprint density at radius 3 is 2.61 bits per heavy atom. The van der Waals surface area contributed by atoms with Crippen LogP contribution in [0.5, 0.6) is 5.75 Å². The molecule has 0 fully saturated rings. The predicted molar refractivity (Wildman–Crippen MR) is 69.3 cm³/mol. The Balaban J connectivity index is 2.08. The predicted octanol–water partition coefficient (Wildman–Crippen LogP) is 2.18. The summed E-state index contributed by atoms with van der Waals surface area (Å²) in [6.07, 6.45) is 0. The van der Waals surface area contributed by atoms with Crippen LogP contribution in [0.4, 0.5) is 5.69 Å². The van der Waals surface area contributed by atoms with Crippen LogP contribution in [-0.4, -0.2) is 28.2 Å². The van der Waals surface area contributed by atoms with Crippen molar-refractivity contribution in [3.63, 3.8) is 0 Å². The van der Waals surface area contributed by atoms with E-state index < -0.39 is 5.97 Å². The van der Waals surface area contributed by atoms with Crippen molar-refractivity contribution in [1.82, 2.24) is 4.98 Å². The van der Waals surface area contributed by atoms with E-state index in [9.17, 15) is 9.90 Å². The number of phenols is 1. The van der Waals surface area contributed by atoms with Crippen LogP contribution in [0.2, 0.25) is 0 Å². The minimum absolute atomic E-state index is 0.101. The molecule has 1 aromatic carbocycles. The summed E-state index contributed by atoms with van der Waals surface area (Å²) in [5.74, 6) is -0.785. The van der Waals surface area contributed by atoms with Crippen molar-refractivity contribution in [2.24, 2.45) is 0 Å². The number of hydrogen-bond acceptors (Lipinski definition) is 5. The Labute approximate surface area is 108 Å². The lowest BCUT2D eigenvalue weighted by Crippen LogP contribution is -2.16. The summed E-state index contributed by atoms with van der Waals surface area (Å²) in [5, 5.41) is 19.8. The summed E-state index contributed by atoms with van der Waals surface area (Å²) in [4.78, 5) is 16.7. The molecule has 5 nitrogen and oxygen atoms in total. The molecule has 0 atom stereocenters. The van der Waals surface area contributed by atoms with E-state index in [-0.39, 0.29) is 10.8 Å². The van der Waals surface area contributed by atoms with E-state index in [1.165, 1.54) is 0 Å². The lowest BCUT2D eigenvalue weighted by Gasteiger charge is -2.17. The lowest BCUT2D eigenvalue weighted by atomic mass is 10.3. The summed E-state index contributed by atoms with van der Waals surface area (Å²) in [6, 6.07) is 6.80. The molecule has 1 aromatic heterocycles. The monoisotopic (exact) mass is 264 g/mol. The summed E-state index contributed by atoms with van der Waals surface area (Å²) < 4.78 is 0. The van der Waals surface area contributed by atoms with Gasteiger partial charge in [-0.05, 0) is 24.3 Å². The molecule has 0 aliphatic heterocycles. The molecule has 18 heavy (non-hydrogen) atoms. The van der Waals surface area contributed by atoms with Gasteiger partial charge in [-0.2, -0.15) is 0 Å². The highest BCUT2D eigenvalue weighted by Gasteiger charge is 2.10. The number of aromatic carboxylic acids is 1. The number of carboxylic acid groups (broad SMARTS) is 1. The Kier molecular flexibility index (Phi) is 3.47. The van der Waals surface area contributed by atoms with Gasteiger partial charge < -0.3 is 15.1 Å². The maximum Gasteiger partial charge on any atom is 0.365 e. The van der Waals surface area contributed by atoms with Crippen LogP contribution < -0.4 is 4.90 Å². The molecule has 0 spiro atoms. The van der Waals surface area contributed by atoms with E-state index in [2.05, 4.69) is 4.98 Å². The third-order valence-corrected chi connectivity index (χ3v) is 3.30. The molecule has 0 amide bonds. The van der Waals surface area contributed by atoms with Gasteiger partial charge in [-0.1, -0.05) is 0 Å². The van der Waals surface area contributed by atoms with Crippen molar-refractivity contribution in [3.8, 4) is 5.75 Å². The molecular formula is C12H12N2O3S. The van der Waals surface area contributed by atoms with Crippen LogP contribution >= 0.6 is 11.3 Å². The number of carbonyl (C=O) groups is 1. The minimum Gasteiger partial charge on any atom is -0.508 e. The van der Waals surface area contributed by atoms with Crippen molar-refractivity contribution in [2.45, 2.75) is 6.54 Å².